The van der Waals surface area contributed by atoms with E-state index >= 15 is 0 Å². The third-order valence-electron chi connectivity index (χ3n) is 6.71. The molecule has 3 heterocycles. The second-order valence-corrected chi connectivity index (χ2v) is 9.17. The van der Waals surface area contributed by atoms with E-state index in [1.54, 1.807) is 67.1 Å². The third kappa shape index (κ3) is 5.11. The van der Waals surface area contributed by atoms with Crippen LogP contribution in [0.4, 0.5) is 14.5 Å². The van der Waals surface area contributed by atoms with Crippen LogP contribution in [0, 0.1) is 13.8 Å². The molecule has 41 heavy (non-hydrogen) atoms. The van der Waals surface area contributed by atoms with Crippen LogP contribution in [0.25, 0.3) is 16.9 Å². The highest BCUT2D eigenvalue weighted by Gasteiger charge is 2.24. The normalized spacial score (nSPS) is 11.2. The molecule has 5 rings (SSSR count). The van der Waals surface area contributed by atoms with Crippen molar-refractivity contribution < 1.29 is 27.8 Å². The fourth-order valence-corrected chi connectivity index (χ4v) is 4.64. The quantitative estimate of drug-likeness (QED) is 0.258. The van der Waals surface area contributed by atoms with Gasteiger partial charge in [-0.25, -0.2) is 23.1 Å². The van der Waals surface area contributed by atoms with E-state index in [9.17, 15) is 18.4 Å². The molecule has 210 valence electrons. The Bertz CT molecular complexity index is 1780. The van der Waals surface area contributed by atoms with Crippen molar-refractivity contribution in [1.29, 1.82) is 0 Å². The number of nitrogens with one attached hydrogen (secondary N) is 1. The fraction of sp³-hybridized carbons (Fsp3) is 0.207. The Morgan fingerprint density at radius 1 is 1.02 bits per heavy atom. The van der Waals surface area contributed by atoms with Crippen molar-refractivity contribution in [3.8, 4) is 17.0 Å². The molecule has 0 radical (unpaired) electrons. The van der Waals surface area contributed by atoms with E-state index in [1.807, 2.05) is 0 Å². The Balaban J connectivity index is 1.51. The number of anilines is 1. The molecule has 2 aromatic carbocycles. The van der Waals surface area contributed by atoms with Gasteiger partial charge in [0.05, 0.1) is 55.3 Å². The number of hydrogen-bond donors (Lipinski definition) is 1. The van der Waals surface area contributed by atoms with E-state index < -0.39 is 24.0 Å². The molecule has 0 aliphatic heterocycles. The number of aryl methyl sites for hydroxylation is 1. The molecule has 0 spiro atoms. The summed E-state index contributed by atoms with van der Waals surface area (Å²) in [5, 5.41) is 11.4. The van der Waals surface area contributed by atoms with Crippen LogP contribution < -0.4 is 10.1 Å². The van der Waals surface area contributed by atoms with Crippen LogP contribution in [0.1, 0.15) is 49.8 Å². The highest BCUT2D eigenvalue weighted by molar-refractivity contribution is 6.08. The molecule has 12 heteroatoms. The molecule has 0 saturated heterocycles. The lowest BCUT2D eigenvalue weighted by Crippen LogP contribution is -2.14. The summed E-state index contributed by atoms with van der Waals surface area (Å²) in [7, 11) is 2.79. The van der Waals surface area contributed by atoms with Crippen molar-refractivity contribution in [3.05, 3.63) is 94.6 Å². The largest absolute Gasteiger partial charge is 0.496 e. The average molecular weight is 561 g/mol. The zero-order chi connectivity index (χ0) is 29.3. The lowest BCUT2D eigenvalue weighted by molar-refractivity contribution is 0.0599. The number of rotatable bonds is 8. The van der Waals surface area contributed by atoms with Gasteiger partial charge in [0.1, 0.15) is 17.0 Å². The van der Waals surface area contributed by atoms with Gasteiger partial charge in [0.25, 0.3) is 12.3 Å². The van der Waals surface area contributed by atoms with Crippen molar-refractivity contribution in [2.45, 2.75) is 26.8 Å². The van der Waals surface area contributed by atoms with Gasteiger partial charge in [-0.15, -0.1) is 0 Å². The molecule has 1 N–H and O–H groups in total. The van der Waals surface area contributed by atoms with Crippen molar-refractivity contribution >= 4 is 23.2 Å². The van der Waals surface area contributed by atoms with Crippen LogP contribution in [-0.4, -0.2) is 50.5 Å². The summed E-state index contributed by atoms with van der Waals surface area (Å²) >= 11 is 0. The number of benzene rings is 2. The number of nitrogens with zero attached hydrogens (tertiary/aromatic N) is 5. The smallest absolute Gasteiger partial charge is 0.338 e. The van der Waals surface area contributed by atoms with Gasteiger partial charge < -0.3 is 14.8 Å². The Kier molecular flexibility index (Phi) is 7.47. The average Bonchev–Trinajstić information content (AvgIpc) is 3.52. The number of aromatic nitrogens is 5. The summed E-state index contributed by atoms with van der Waals surface area (Å²) in [6.07, 6.45) is -1.67. The molecule has 0 saturated carbocycles. The number of ether oxygens (including phenoxy) is 2. The number of methoxy groups -OCH3 is 2. The van der Waals surface area contributed by atoms with E-state index in [1.165, 1.54) is 26.5 Å². The fourth-order valence-electron chi connectivity index (χ4n) is 4.64. The van der Waals surface area contributed by atoms with Crippen molar-refractivity contribution in [3.63, 3.8) is 0 Å². The van der Waals surface area contributed by atoms with Crippen molar-refractivity contribution in [2.24, 2.45) is 0 Å². The van der Waals surface area contributed by atoms with Crippen LogP contribution in [0.2, 0.25) is 0 Å². The van der Waals surface area contributed by atoms with Crippen LogP contribution in [0.15, 0.2) is 60.8 Å². The summed E-state index contributed by atoms with van der Waals surface area (Å²) in [6, 6.07) is 15.1. The first-order valence-electron chi connectivity index (χ1n) is 12.5. The summed E-state index contributed by atoms with van der Waals surface area (Å²) in [6.45, 7) is 3.76. The number of halogens is 2. The Labute approximate surface area is 233 Å². The minimum atomic E-state index is -2.87. The predicted octanol–water partition coefficient (Wildman–Crippen LogP) is 5.24. The number of para-hydroxylation sites is 1. The minimum Gasteiger partial charge on any atom is -0.496 e. The number of hydrogen-bond acceptors (Lipinski definition) is 7. The molecule has 0 aliphatic rings. The van der Waals surface area contributed by atoms with Crippen molar-refractivity contribution in [1.82, 2.24) is 24.4 Å². The summed E-state index contributed by atoms with van der Waals surface area (Å²) in [4.78, 5) is 30.2. The molecule has 0 bridgehead atoms. The summed E-state index contributed by atoms with van der Waals surface area (Å²) in [5.74, 6) is -0.611. The van der Waals surface area contributed by atoms with Crippen LogP contribution >= 0.6 is 0 Å². The zero-order valence-corrected chi connectivity index (χ0v) is 22.7. The molecule has 0 atom stereocenters. The maximum absolute atomic E-state index is 14.1. The van der Waals surface area contributed by atoms with E-state index in [2.05, 4.69) is 20.5 Å². The Morgan fingerprint density at radius 2 is 1.76 bits per heavy atom. The Hall–Kier alpha value is -5.13. The second-order valence-electron chi connectivity index (χ2n) is 9.17. The summed E-state index contributed by atoms with van der Waals surface area (Å²) in [5.41, 5.74) is 2.96. The van der Waals surface area contributed by atoms with Crippen LogP contribution in [0.5, 0.6) is 5.75 Å². The first kappa shape index (κ1) is 27.4. The Morgan fingerprint density at radius 3 is 2.49 bits per heavy atom. The number of carbonyl (C=O) groups is 2. The van der Waals surface area contributed by atoms with Gasteiger partial charge in [0.15, 0.2) is 5.65 Å². The third-order valence-corrected chi connectivity index (χ3v) is 6.71. The lowest BCUT2D eigenvalue weighted by Gasteiger charge is -2.11. The van der Waals surface area contributed by atoms with E-state index in [0.29, 0.717) is 39.5 Å². The van der Waals surface area contributed by atoms with E-state index in [4.69, 9.17) is 9.47 Å². The molecule has 10 nitrogen and oxygen atoms in total. The molecular formula is C29H26F2N6O4. The van der Waals surface area contributed by atoms with Gasteiger partial charge in [0.2, 0.25) is 0 Å². The first-order valence-corrected chi connectivity index (χ1v) is 12.5. The second kappa shape index (κ2) is 11.2. The van der Waals surface area contributed by atoms with Gasteiger partial charge in [-0.05, 0) is 43.7 Å². The van der Waals surface area contributed by atoms with Gasteiger partial charge in [-0.3, -0.25) is 9.48 Å². The molecule has 0 fully saturated rings. The van der Waals surface area contributed by atoms with E-state index in [0.717, 1.165) is 4.52 Å². The minimum absolute atomic E-state index is 0.00577. The predicted molar refractivity (Wildman–Crippen MR) is 146 cm³/mol. The molecule has 1 amide bonds. The van der Waals surface area contributed by atoms with Crippen LogP contribution in [-0.2, 0) is 11.3 Å². The number of carbonyl (C=O) groups excluding carboxylic acids is 2. The number of alkyl halides is 2. The molecular weight excluding hydrogens is 534 g/mol. The van der Waals surface area contributed by atoms with Gasteiger partial charge in [-0.1, -0.05) is 30.3 Å². The van der Waals surface area contributed by atoms with Gasteiger partial charge in [-0.2, -0.15) is 10.2 Å². The lowest BCUT2D eigenvalue weighted by atomic mass is 10.1. The molecule has 0 aliphatic carbocycles. The van der Waals surface area contributed by atoms with Crippen LogP contribution in [0.3, 0.4) is 0 Å². The molecule has 0 unspecified atom stereocenters. The van der Waals surface area contributed by atoms with Gasteiger partial charge >= 0.3 is 5.97 Å². The number of esters is 1. The standard InChI is InChI=1S/C29H26F2N6O4/c1-16-25(17(2)36(35-16)15-18-9-5-6-10-19(18)29(39)41-4)34-28(38)21-14-32-37-23(26(30)31)13-22(33-27(21)37)20-11-7-8-12-24(20)40-3/h5-14,26H,15H2,1-4H3,(H,34,38). The molecule has 3 aromatic heterocycles. The maximum atomic E-state index is 14.1. The first-order chi connectivity index (χ1) is 19.7. The topological polar surface area (TPSA) is 113 Å². The SMILES string of the molecule is COC(=O)c1ccccc1Cn1nc(C)c(NC(=O)c2cnn3c(C(F)F)cc(-c4ccccc4OC)nc23)c1C. The van der Waals surface area contributed by atoms with Crippen molar-refractivity contribution in [2.75, 3.05) is 19.5 Å². The van der Waals surface area contributed by atoms with E-state index in [-0.39, 0.29) is 23.4 Å². The zero-order valence-electron chi connectivity index (χ0n) is 22.7. The monoisotopic (exact) mass is 560 g/mol. The highest BCUT2D eigenvalue weighted by atomic mass is 19.3. The van der Waals surface area contributed by atoms with Gasteiger partial charge in [0, 0.05) is 5.56 Å². The number of amides is 1. The highest BCUT2D eigenvalue weighted by Crippen LogP contribution is 2.32. The number of fused-ring (bicyclic) bond motifs is 1. The molecule has 5 aromatic rings. The summed E-state index contributed by atoms with van der Waals surface area (Å²) < 4.78 is 41.0. The maximum Gasteiger partial charge on any atom is 0.338 e.